The van der Waals surface area contributed by atoms with Crippen molar-refractivity contribution < 1.29 is 14.4 Å². The fraction of sp³-hybridized carbons (Fsp3) is 0.463. The van der Waals surface area contributed by atoms with Gasteiger partial charge in [-0.1, -0.05) is 29.8 Å². The maximum atomic E-state index is 13.7. The van der Waals surface area contributed by atoms with Gasteiger partial charge in [-0.2, -0.15) is 5.10 Å². The molecule has 3 amide bonds. The summed E-state index contributed by atoms with van der Waals surface area (Å²) in [7, 11) is 3.68. The van der Waals surface area contributed by atoms with Crippen LogP contribution in [-0.2, 0) is 16.6 Å². The highest BCUT2D eigenvalue weighted by molar-refractivity contribution is 6.32. The number of hydrogen-bond acceptors (Lipinski definition) is 9. The number of benzene rings is 2. The lowest BCUT2D eigenvalue weighted by Crippen LogP contribution is -2.48. The summed E-state index contributed by atoms with van der Waals surface area (Å²) in [6, 6.07) is 14.7. The second kappa shape index (κ2) is 14.8. The molecule has 54 heavy (non-hydrogen) atoms. The Hall–Kier alpha value is -4.81. The van der Waals surface area contributed by atoms with Crippen molar-refractivity contribution in [3.05, 3.63) is 93.1 Å². The molecule has 4 aromatic rings. The largest absolute Gasteiger partial charge is 0.378 e. The van der Waals surface area contributed by atoms with E-state index in [9.17, 15) is 19.2 Å². The zero-order chi connectivity index (χ0) is 37.6. The summed E-state index contributed by atoms with van der Waals surface area (Å²) in [6.45, 7) is 5.19. The molecule has 12 nitrogen and oxygen atoms in total. The zero-order valence-electron chi connectivity index (χ0n) is 30.9. The summed E-state index contributed by atoms with van der Waals surface area (Å²) >= 11 is 6.33. The van der Waals surface area contributed by atoms with Gasteiger partial charge in [0.1, 0.15) is 5.02 Å². The normalized spacial score (nSPS) is 23.4. The number of aromatic nitrogens is 3. The molecule has 4 aliphatic heterocycles. The summed E-state index contributed by atoms with van der Waals surface area (Å²) in [5.74, 6) is -0.450. The Morgan fingerprint density at radius 2 is 1.67 bits per heavy atom. The van der Waals surface area contributed by atoms with Crippen LogP contribution in [0.2, 0.25) is 5.02 Å². The van der Waals surface area contributed by atoms with E-state index < -0.39 is 0 Å². The van der Waals surface area contributed by atoms with Crippen molar-refractivity contribution in [2.75, 3.05) is 56.5 Å². The molecule has 2 N–H and O–H groups in total. The monoisotopic (exact) mass is 750 g/mol. The van der Waals surface area contributed by atoms with Gasteiger partial charge in [0.05, 0.1) is 17.8 Å². The van der Waals surface area contributed by atoms with E-state index in [1.807, 2.05) is 23.2 Å². The molecule has 4 saturated heterocycles. The first-order valence-corrected chi connectivity index (χ1v) is 19.5. The second-order valence-electron chi connectivity index (χ2n) is 15.8. The Kier molecular flexibility index (Phi) is 9.91. The van der Waals surface area contributed by atoms with E-state index in [0.29, 0.717) is 18.5 Å². The minimum atomic E-state index is -0.364. The van der Waals surface area contributed by atoms with Gasteiger partial charge in [0.2, 0.25) is 11.8 Å². The second-order valence-corrected chi connectivity index (χ2v) is 16.2. The molecule has 4 aliphatic rings. The molecule has 0 saturated carbocycles. The number of halogens is 1. The van der Waals surface area contributed by atoms with Gasteiger partial charge in [0, 0.05) is 87.8 Å². The van der Waals surface area contributed by atoms with Crippen molar-refractivity contribution in [2.24, 2.45) is 12.5 Å². The quantitative estimate of drug-likeness (QED) is 0.264. The van der Waals surface area contributed by atoms with Crippen LogP contribution in [-0.4, -0.2) is 94.6 Å². The molecule has 0 aliphatic carbocycles. The van der Waals surface area contributed by atoms with Crippen LogP contribution in [0.5, 0.6) is 0 Å². The first-order valence-electron chi connectivity index (χ1n) is 19.1. The van der Waals surface area contributed by atoms with Crippen LogP contribution in [0.15, 0.2) is 65.8 Å². The minimum absolute atomic E-state index is 0.0963. The number of likely N-dealkylation sites (N-methyl/N-ethyl adjacent to an activating group) is 1. The smallest absolute Gasteiger partial charge is 0.287 e. The highest BCUT2D eigenvalue weighted by Crippen LogP contribution is 2.43. The minimum Gasteiger partial charge on any atom is -0.378 e. The Morgan fingerprint density at radius 3 is 2.41 bits per heavy atom. The Labute approximate surface area is 319 Å². The number of amides is 3. The number of nitrogens with zero attached hydrogens (tertiary/aromatic N) is 6. The number of imide groups is 1. The Balaban J connectivity index is 0.850. The van der Waals surface area contributed by atoms with Gasteiger partial charge in [-0.25, -0.2) is 4.68 Å². The first-order chi connectivity index (χ1) is 26.1. The van der Waals surface area contributed by atoms with E-state index in [1.165, 1.54) is 10.2 Å². The van der Waals surface area contributed by atoms with E-state index in [-0.39, 0.29) is 51.6 Å². The maximum Gasteiger partial charge on any atom is 0.287 e. The van der Waals surface area contributed by atoms with E-state index in [0.717, 1.165) is 99.0 Å². The maximum absolute atomic E-state index is 13.7. The number of fused-ring (bicyclic) bond motifs is 1. The lowest BCUT2D eigenvalue weighted by Gasteiger charge is -2.47. The third-order valence-electron chi connectivity index (χ3n) is 12.4. The molecule has 8 rings (SSSR count). The summed E-state index contributed by atoms with van der Waals surface area (Å²) < 4.78 is 1.23. The summed E-state index contributed by atoms with van der Waals surface area (Å²) in [5.41, 5.74) is 4.44. The SMILES string of the molecule is CN1CC(Nc2cnn(C)c(=O)c2Cl)CC(c2ccc(C(=O)N3CCC4(CC3)CCN(c3ccc5c(C6CCC(=O)NC6=O)cncc5c3)CC4)cc2)C1. The first kappa shape index (κ1) is 36.2. The standard InChI is InChI=1S/C41H47ClN8O4/c1-47-24-29(19-30(25-47)45-35-23-44-48(2)40(54)37(35)42)26-3-5-27(6-4-26)39(53)50-17-13-41(14-18-50)11-15-49(16-12-41)31-7-8-32-28(20-31)21-43-22-34(32)33-9-10-36(51)46-38(33)52/h3-8,20-23,29-30,33,45H,9-19,24-25H2,1-2H3,(H,46,51,52). The van der Waals surface area contributed by atoms with Crippen LogP contribution in [0, 0.1) is 5.41 Å². The summed E-state index contributed by atoms with van der Waals surface area (Å²) in [5, 5.41) is 12.2. The lowest BCUT2D eigenvalue weighted by atomic mass is 9.71. The van der Waals surface area contributed by atoms with Gasteiger partial charge >= 0.3 is 0 Å². The van der Waals surface area contributed by atoms with Crippen LogP contribution < -0.4 is 21.1 Å². The molecule has 282 valence electrons. The van der Waals surface area contributed by atoms with Crippen molar-refractivity contribution in [1.29, 1.82) is 0 Å². The topological polar surface area (TPSA) is 133 Å². The predicted octanol–water partition coefficient (Wildman–Crippen LogP) is 4.92. The van der Waals surface area contributed by atoms with Crippen molar-refractivity contribution in [2.45, 2.75) is 62.8 Å². The zero-order valence-corrected chi connectivity index (χ0v) is 31.6. The molecule has 2 aromatic heterocycles. The molecule has 2 aromatic carbocycles. The molecule has 3 unspecified atom stereocenters. The van der Waals surface area contributed by atoms with E-state index in [2.05, 4.69) is 67.9 Å². The van der Waals surface area contributed by atoms with Crippen LogP contribution in [0.1, 0.15) is 78.3 Å². The van der Waals surface area contributed by atoms with Crippen molar-refractivity contribution in [1.82, 2.24) is 29.9 Å². The lowest BCUT2D eigenvalue weighted by molar-refractivity contribution is -0.134. The molecule has 0 bridgehead atoms. The number of carbonyl (C=O) groups excluding carboxylic acids is 3. The molecular weight excluding hydrogens is 704 g/mol. The predicted molar refractivity (Wildman–Crippen MR) is 209 cm³/mol. The van der Waals surface area contributed by atoms with Crippen LogP contribution >= 0.6 is 11.6 Å². The molecule has 6 heterocycles. The molecule has 3 atom stereocenters. The summed E-state index contributed by atoms with van der Waals surface area (Å²) in [6.07, 6.45) is 11.1. The van der Waals surface area contributed by atoms with Gasteiger partial charge in [-0.05, 0) is 97.7 Å². The van der Waals surface area contributed by atoms with Gasteiger partial charge in [-0.15, -0.1) is 0 Å². The number of likely N-dealkylation sites (tertiary alicyclic amines) is 2. The van der Waals surface area contributed by atoms with Gasteiger partial charge in [0.15, 0.2) is 0 Å². The van der Waals surface area contributed by atoms with Crippen molar-refractivity contribution >= 4 is 51.5 Å². The van der Waals surface area contributed by atoms with Crippen LogP contribution in [0.3, 0.4) is 0 Å². The number of aryl methyl sites for hydroxylation is 1. The van der Waals surface area contributed by atoms with E-state index >= 15 is 0 Å². The molecule has 13 heteroatoms. The van der Waals surface area contributed by atoms with E-state index in [1.54, 1.807) is 19.4 Å². The average Bonchev–Trinajstić information content (AvgIpc) is 3.18. The average molecular weight is 751 g/mol. The fourth-order valence-electron chi connectivity index (χ4n) is 9.15. The molecule has 4 fully saturated rings. The number of nitrogens with one attached hydrogen (secondary N) is 2. The molecule has 0 radical (unpaired) electrons. The molecular formula is C41H47ClN8O4. The molecule has 1 spiro atoms. The number of anilines is 2. The number of carbonyl (C=O) groups is 3. The van der Waals surface area contributed by atoms with Crippen molar-refractivity contribution in [3.63, 3.8) is 0 Å². The highest BCUT2D eigenvalue weighted by Gasteiger charge is 2.39. The van der Waals surface area contributed by atoms with Crippen LogP contribution in [0.4, 0.5) is 11.4 Å². The van der Waals surface area contributed by atoms with E-state index in [4.69, 9.17) is 11.6 Å². The van der Waals surface area contributed by atoms with Gasteiger partial charge < -0.3 is 20.0 Å². The number of pyridine rings is 1. The number of piperidine rings is 4. The van der Waals surface area contributed by atoms with Gasteiger partial charge in [-0.3, -0.25) is 29.5 Å². The number of hydrogen-bond donors (Lipinski definition) is 2. The summed E-state index contributed by atoms with van der Waals surface area (Å²) in [4.78, 5) is 61.4. The third kappa shape index (κ3) is 7.21. The third-order valence-corrected chi connectivity index (χ3v) is 12.8. The fourth-order valence-corrected chi connectivity index (χ4v) is 9.38. The van der Waals surface area contributed by atoms with Crippen molar-refractivity contribution in [3.8, 4) is 0 Å². The van der Waals surface area contributed by atoms with Crippen LogP contribution in [0.25, 0.3) is 10.8 Å². The Morgan fingerprint density at radius 1 is 0.926 bits per heavy atom. The number of rotatable bonds is 6. The van der Waals surface area contributed by atoms with Gasteiger partial charge in [0.25, 0.3) is 11.5 Å². The highest BCUT2D eigenvalue weighted by atomic mass is 35.5. The Bertz CT molecular complexity index is 2140.